The molecule has 0 fully saturated rings. The molecule has 14 heavy (non-hydrogen) atoms. The maximum atomic E-state index is 5.83. The minimum Gasteiger partial charge on any atom is -0.383 e. The molecule has 2 aromatic heterocycles. The van der Waals surface area contributed by atoms with Crippen molar-refractivity contribution < 1.29 is 0 Å². The molecule has 0 amide bonds. The third kappa shape index (κ3) is 1.37. The topological polar surface area (TPSA) is 69.6 Å². The summed E-state index contributed by atoms with van der Waals surface area (Å²) in [4.78, 5) is 7.88. The number of nitrogens with zero attached hydrogens (tertiary/aromatic N) is 4. The van der Waals surface area contributed by atoms with Crippen molar-refractivity contribution in [1.82, 2.24) is 19.7 Å². The Kier molecular flexibility index (Phi) is 2.20. The summed E-state index contributed by atoms with van der Waals surface area (Å²) in [6.07, 6.45) is 3.10. The second kappa shape index (κ2) is 3.38. The summed E-state index contributed by atoms with van der Waals surface area (Å²) in [6, 6.07) is 1.75. The van der Waals surface area contributed by atoms with Crippen LogP contribution in [0.5, 0.6) is 0 Å². The summed E-state index contributed by atoms with van der Waals surface area (Å²) >= 11 is 3.35. The fourth-order valence-electron chi connectivity index (χ4n) is 1.11. The molecule has 2 heterocycles. The van der Waals surface area contributed by atoms with E-state index in [1.54, 1.807) is 16.9 Å². The number of hydrogen-bond donors (Lipinski definition) is 1. The molecule has 2 aromatic rings. The van der Waals surface area contributed by atoms with E-state index in [2.05, 4.69) is 31.0 Å². The van der Waals surface area contributed by atoms with Crippen molar-refractivity contribution in [3.8, 4) is 5.82 Å². The first kappa shape index (κ1) is 9.14. The van der Waals surface area contributed by atoms with Crippen LogP contribution < -0.4 is 5.73 Å². The lowest BCUT2D eigenvalue weighted by Gasteiger charge is -2.00. The molecule has 0 radical (unpaired) electrons. The average molecular weight is 254 g/mol. The van der Waals surface area contributed by atoms with Gasteiger partial charge < -0.3 is 5.73 Å². The van der Waals surface area contributed by atoms with Crippen LogP contribution in [0.15, 0.2) is 23.1 Å². The van der Waals surface area contributed by atoms with E-state index in [0.717, 1.165) is 10.2 Å². The van der Waals surface area contributed by atoms with Crippen LogP contribution in [0, 0.1) is 6.92 Å². The number of rotatable bonds is 1. The first-order valence-corrected chi connectivity index (χ1v) is 4.76. The summed E-state index contributed by atoms with van der Waals surface area (Å²) in [7, 11) is 0. The quantitative estimate of drug-likeness (QED) is 0.833. The van der Waals surface area contributed by atoms with E-state index < -0.39 is 0 Å². The van der Waals surface area contributed by atoms with Crippen LogP contribution in [0.25, 0.3) is 5.82 Å². The molecule has 2 N–H and O–H groups in total. The van der Waals surface area contributed by atoms with Gasteiger partial charge in [-0.25, -0.2) is 9.97 Å². The molecule has 0 aliphatic heterocycles. The fourth-order valence-corrected chi connectivity index (χ4v) is 1.36. The lowest BCUT2D eigenvalue weighted by Crippen LogP contribution is -2.03. The number of nitrogen functional groups attached to an aromatic ring is 1. The average Bonchev–Trinajstić information content (AvgIpc) is 2.47. The number of anilines is 1. The van der Waals surface area contributed by atoms with Gasteiger partial charge in [-0.15, -0.1) is 0 Å². The van der Waals surface area contributed by atoms with Crippen LogP contribution in [0.1, 0.15) is 5.69 Å². The van der Waals surface area contributed by atoms with Gasteiger partial charge in [-0.3, -0.25) is 0 Å². The van der Waals surface area contributed by atoms with Gasteiger partial charge >= 0.3 is 0 Å². The Morgan fingerprint density at radius 2 is 2.29 bits per heavy atom. The maximum Gasteiger partial charge on any atom is 0.159 e. The molecule has 0 atom stereocenters. The Hall–Kier alpha value is -1.43. The van der Waals surface area contributed by atoms with Crippen LogP contribution in [-0.2, 0) is 0 Å². The molecule has 0 saturated heterocycles. The van der Waals surface area contributed by atoms with E-state index in [0.29, 0.717) is 11.6 Å². The zero-order valence-corrected chi connectivity index (χ0v) is 9.06. The summed E-state index contributed by atoms with van der Waals surface area (Å²) in [6.45, 7) is 1.87. The number of nitrogens with two attached hydrogens (primary N) is 1. The number of aryl methyl sites for hydroxylation is 1. The third-order valence-corrected chi connectivity index (χ3v) is 2.78. The molecular weight excluding hydrogens is 246 g/mol. The smallest absolute Gasteiger partial charge is 0.159 e. The molecule has 0 aliphatic carbocycles. The van der Waals surface area contributed by atoms with Crippen LogP contribution in [0.3, 0.4) is 0 Å². The molecule has 0 bridgehead atoms. The van der Waals surface area contributed by atoms with Crippen LogP contribution in [0.4, 0.5) is 5.82 Å². The molecule has 0 spiro atoms. The fraction of sp³-hybridized carbons (Fsp3) is 0.125. The SMILES string of the molecule is Cc1nn(-c2ccncn2)c(N)c1Br. The summed E-state index contributed by atoms with van der Waals surface area (Å²) in [5.41, 5.74) is 6.66. The number of aromatic nitrogens is 4. The van der Waals surface area contributed by atoms with Crippen LogP contribution >= 0.6 is 15.9 Å². The Morgan fingerprint density at radius 3 is 2.79 bits per heavy atom. The van der Waals surface area contributed by atoms with E-state index in [4.69, 9.17) is 5.73 Å². The zero-order valence-electron chi connectivity index (χ0n) is 7.48. The van der Waals surface area contributed by atoms with Crippen LogP contribution in [-0.4, -0.2) is 19.7 Å². The van der Waals surface area contributed by atoms with Crippen molar-refractivity contribution >= 4 is 21.7 Å². The van der Waals surface area contributed by atoms with Crippen molar-refractivity contribution in [2.45, 2.75) is 6.92 Å². The maximum absolute atomic E-state index is 5.83. The minimum atomic E-state index is 0.543. The van der Waals surface area contributed by atoms with Crippen molar-refractivity contribution in [3.63, 3.8) is 0 Å². The van der Waals surface area contributed by atoms with E-state index in [1.807, 2.05) is 6.92 Å². The van der Waals surface area contributed by atoms with E-state index >= 15 is 0 Å². The largest absolute Gasteiger partial charge is 0.383 e. The normalized spacial score (nSPS) is 10.4. The van der Waals surface area contributed by atoms with Gasteiger partial charge in [0.25, 0.3) is 0 Å². The predicted molar refractivity (Wildman–Crippen MR) is 56.0 cm³/mol. The van der Waals surface area contributed by atoms with Gasteiger partial charge in [0.1, 0.15) is 12.1 Å². The Balaban J connectivity index is 2.58. The summed E-state index contributed by atoms with van der Waals surface area (Å²) in [5.74, 6) is 1.20. The highest BCUT2D eigenvalue weighted by atomic mass is 79.9. The molecule has 5 nitrogen and oxygen atoms in total. The van der Waals surface area contributed by atoms with Crippen molar-refractivity contribution in [2.24, 2.45) is 0 Å². The summed E-state index contributed by atoms with van der Waals surface area (Å²) < 4.78 is 2.37. The highest BCUT2D eigenvalue weighted by Gasteiger charge is 2.11. The predicted octanol–water partition coefficient (Wildman–Crippen LogP) is 1.32. The second-order valence-electron chi connectivity index (χ2n) is 2.76. The van der Waals surface area contributed by atoms with Gasteiger partial charge in [0, 0.05) is 12.3 Å². The number of hydrogen-bond acceptors (Lipinski definition) is 4. The molecule has 0 aromatic carbocycles. The summed E-state index contributed by atoms with van der Waals surface area (Å²) in [5, 5.41) is 4.23. The van der Waals surface area contributed by atoms with Gasteiger partial charge in [-0.1, -0.05) is 0 Å². The zero-order chi connectivity index (χ0) is 10.1. The highest BCUT2D eigenvalue weighted by Crippen LogP contribution is 2.24. The van der Waals surface area contributed by atoms with Gasteiger partial charge in [-0.2, -0.15) is 9.78 Å². The Morgan fingerprint density at radius 1 is 1.50 bits per heavy atom. The highest BCUT2D eigenvalue weighted by molar-refractivity contribution is 9.10. The van der Waals surface area contributed by atoms with Gasteiger partial charge in [0.2, 0.25) is 0 Å². The molecule has 0 aliphatic rings. The molecule has 6 heteroatoms. The second-order valence-corrected chi connectivity index (χ2v) is 3.56. The van der Waals surface area contributed by atoms with E-state index in [1.165, 1.54) is 6.33 Å². The third-order valence-electron chi connectivity index (χ3n) is 1.80. The van der Waals surface area contributed by atoms with E-state index in [-0.39, 0.29) is 0 Å². The standard InChI is InChI=1S/C8H8BrN5/c1-5-7(9)8(10)14(13-5)6-2-3-11-4-12-6/h2-4H,10H2,1H3. The lowest BCUT2D eigenvalue weighted by atomic mass is 10.5. The van der Waals surface area contributed by atoms with Gasteiger partial charge in [0.15, 0.2) is 5.82 Å². The first-order valence-electron chi connectivity index (χ1n) is 3.97. The van der Waals surface area contributed by atoms with E-state index in [9.17, 15) is 0 Å². The molecule has 72 valence electrons. The van der Waals surface area contributed by atoms with Crippen molar-refractivity contribution in [3.05, 3.63) is 28.8 Å². The van der Waals surface area contributed by atoms with Gasteiger partial charge in [0.05, 0.1) is 10.2 Å². The van der Waals surface area contributed by atoms with Gasteiger partial charge in [-0.05, 0) is 22.9 Å². The van der Waals surface area contributed by atoms with Crippen molar-refractivity contribution in [1.29, 1.82) is 0 Å². The van der Waals surface area contributed by atoms with Crippen molar-refractivity contribution in [2.75, 3.05) is 5.73 Å². The first-order chi connectivity index (χ1) is 6.70. The minimum absolute atomic E-state index is 0.543. The Bertz CT molecular complexity index is 450. The molecule has 0 unspecified atom stereocenters. The molecular formula is C8H8BrN5. The monoisotopic (exact) mass is 253 g/mol. The number of halogens is 1. The van der Waals surface area contributed by atoms with Crippen LogP contribution in [0.2, 0.25) is 0 Å². The molecule has 2 rings (SSSR count). The lowest BCUT2D eigenvalue weighted by molar-refractivity contribution is 0.835. The Labute approximate surface area is 89.1 Å². The molecule has 0 saturated carbocycles.